The minimum Gasteiger partial charge on any atom is -0.444 e. The third-order valence-electron chi connectivity index (χ3n) is 4.15. The van der Waals surface area contributed by atoms with Crippen LogP contribution in [0.2, 0.25) is 0 Å². The smallest absolute Gasteiger partial charge is 0.227 e. The van der Waals surface area contributed by atoms with E-state index in [1.165, 1.54) is 6.39 Å². The number of oxazole rings is 1. The van der Waals surface area contributed by atoms with Crippen LogP contribution >= 0.6 is 12.4 Å². The number of carbonyl (C=O) groups excluding carboxylic acids is 1. The van der Waals surface area contributed by atoms with Gasteiger partial charge in [0.2, 0.25) is 5.91 Å². The van der Waals surface area contributed by atoms with Gasteiger partial charge in [-0.2, -0.15) is 0 Å². The van der Waals surface area contributed by atoms with Crippen LogP contribution in [0.4, 0.5) is 5.69 Å². The van der Waals surface area contributed by atoms with E-state index in [0.717, 1.165) is 30.5 Å². The highest BCUT2D eigenvalue weighted by Crippen LogP contribution is 2.32. The Morgan fingerprint density at radius 1 is 1.41 bits per heavy atom. The van der Waals surface area contributed by atoms with Crippen LogP contribution in [0.1, 0.15) is 19.3 Å². The first-order chi connectivity index (χ1) is 10.3. The number of anilines is 1. The lowest BCUT2D eigenvalue weighted by molar-refractivity contribution is -0.120. The third kappa shape index (κ3) is 3.48. The molecular weight excluding hydrogens is 302 g/mol. The molecule has 2 aromatic rings. The summed E-state index contributed by atoms with van der Waals surface area (Å²) in [6.07, 6.45) is 6.10. The first-order valence-electron chi connectivity index (χ1n) is 7.28. The fourth-order valence-electron chi connectivity index (χ4n) is 3.01. The van der Waals surface area contributed by atoms with Gasteiger partial charge >= 0.3 is 0 Å². The lowest BCUT2D eigenvalue weighted by Crippen LogP contribution is -2.29. The fourth-order valence-corrected chi connectivity index (χ4v) is 3.01. The predicted molar refractivity (Wildman–Crippen MR) is 87.7 cm³/mol. The molecule has 0 unspecified atom stereocenters. The Labute approximate surface area is 135 Å². The van der Waals surface area contributed by atoms with Crippen LogP contribution in [0.25, 0.3) is 11.3 Å². The molecule has 1 aliphatic rings. The van der Waals surface area contributed by atoms with Crippen LogP contribution in [0.3, 0.4) is 0 Å². The molecule has 3 N–H and O–H groups in total. The molecule has 1 saturated carbocycles. The molecule has 1 fully saturated rings. The van der Waals surface area contributed by atoms with Gasteiger partial charge in [-0.15, -0.1) is 12.4 Å². The SMILES string of the molecule is Cl.NC[C@H]1CCC[C@H]1C(=O)Nc1cccc(-c2cnco2)c1. The minimum absolute atomic E-state index is 0. The van der Waals surface area contributed by atoms with Crippen LogP contribution in [0, 0.1) is 11.8 Å². The molecule has 1 amide bonds. The zero-order valence-electron chi connectivity index (χ0n) is 12.2. The second kappa shape index (κ2) is 7.42. The number of benzene rings is 1. The van der Waals surface area contributed by atoms with E-state index in [2.05, 4.69) is 10.3 Å². The third-order valence-corrected chi connectivity index (χ3v) is 4.15. The molecule has 5 nitrogen and oxygen atoms in total. The number of hydrogen-bond acceptors (Lipinski definition) is 4. The van der Waals surface area contributed by atoms with Gasteiger partial charge in [-0.05, 0) is 37.4 Å². The number of nitrogens with two attached hydrogens (primary N) is 1. The molecule has 1 heterocycles. The topological polar surface area (TPSA) is 81.2 Å². The molecule has 1 aliphatic carbocycles. The second-order valence-electron chi connectivity index (χ2n) is 5.47. The van der Waals surface area contributed by atoms with Crippen LogP contribution in [-0.2, 0) is 4.79 Å². The number of rotatable bonds is 4. The van der Waals surface area contributed by atoms with Gasteiger partial charge < -0.3 is 15.5 Å². The summed E-state index contributed by atoms with van der Waals surface area (Å²) in [4.78, 5) is 16.3. The number of halogens is 1. The summed E-state index contributed by atoms with van der Waals surface area (Å²) >= 11 is 0. The van der Waals surface area contributed by atoms with Gasteiger partial charge in [0, 0.05) is 17.2 Å². The zero-order valence-corrected chi connectivity index (χ0v) is 13.0. The Hall–Kier alpha value is -1.85. The van der Waals surface area contributed by atoms with Crippen LogP contribution < -0.4 is 11.1 Å². The van der Waals surface area contributed by atoms with Gasteiger partial charge in [0.1, 0.15) is 0 Å². The van der Waals surface area contributed by atoms with Crippen LogP contribution in [0.5, 0.6) is 0 Å². The number of nitrogens with one attached hydrogen (secondary N) is 1. The standard InChI is InChI=1S/C16H19N3O2.ClH/c17-8-12-4-2-6-14(12)16(20)19-13-5-1-3-11(7-13)15-9-18-10-21-15;/h1,3,5,7,9-10,12,14H,2,4,6,8,17H2,(H,19,20);1H/t12-,14-;/m1./s1. The molecular formula is C16H20ClN3O2. The second-order valence-corrected chi connectivity index (χ2v) is 5.47. The highest BCUT2D eigenvalue weighted by molar-refractivity contribution is 5.93. The molecule has 2 atom stereocenters. The summed E-state index contributed by atoms with van der Waals surface area (Å²) in [5.74, 6) is 1.09. The molecule has 6 heteroatoms. The van der Waals surface area contributed by atoms with E-state index in [0.29, 0.717) is 18.2 Å². The minimum atomic E-state index is 0. The monoisotopic (exact) mass is 321 g/mol. The van der Waals surface area contributed by atoms with Crippen molar-refractivity contribution in [2.45, 2.75) is 19.3 Å². The Morgan fingerprint density at radius 3 is 3.00 bits per heavy atom. The Kier molecular flexibility index (Phi) is 5.57. The normalized spacial score (nSPS) is 20.4. The maximum Gasteiger partial charge on any atom is 0.227 e. The van der Waals surface area contributed by atoms with Crippen molar-refractivity contribution in [1.82, 2.24) is 4.98 Å². The lowest BCUT2D eigenvalue weighted by atomic mass is 9.95. The van der Waals surface area contributed by atoms with Crippen molar-refractivity contribution in [1.29, 1.82) is 0 Å². The number of nitrogens with zero attached hydrogens (tertiary/aromatic N) is 1. The Morgan fingerprint density at radius 2 is 2.27 bits per heavy atom. The zero-order chi connectivity index (χ0) is 14.7. The van der Waals surface area contributed by atoms with Gasteiger partial charge in [-0.1, -0.05) is 18.6 Å². The fraction of sp³-hybridized carbons (Fsp3) is 0.375. The average molecular weight is 322 g/mol. The van der Waals surface area contributed by atoms with E-state index in [1.54, 1.807) is 6.20 Å². The maximum atomic E-state index is 12.4. The highest BCUT2D eigenvalue weighted by atomic mass is 35.5. The van der Waals surface area contributed by atoms with Crippen molar-refractivity contribution in [2.75, 3.05) is 11.9 Å². The molecule has 1 aromatic carbocycles. The molecule has 0 saturated heterocycles. The van der Waals surface area contributed by atoms with E-state index >= 15 is 0 Å². The molecule has 0 spiro atoms. The van der Waals surface area contributed by atoms with Crippen molar-refractivity contribution in [3.63, 3.8) is 0 Å². The van der Waals surface area contributed by atoms with Gasteiger partial charge in [0.15, 0.2) is 12.2 Å². The number of hydrogen-bond donors (Lipinski definition) is 2. The van der Waals surface area contributed by atoms with E-state index in [1.807, 2.05) is 24.3 Å². The van der Waals surface area contributed by atoms with Crippen molar-refractivity contribution in [3.8, 4) is 11.3 Å². The van der Waals surface area contributed by atoms with Crippen molar-refractivity contribution < 1.29 is 9.21 Å². The molecule has 22 heavy (non-hydrogen) atoms. The maximum absolute atomic E-state index is 12.4. The van der Waals surface area contributed by atoms with Gasteiger partial charge in [-0.3, -0.25) is 4.79 Å². The average Bonchev–Trinajstić information content (AvgIpc) is 3.18. The largest absolute Gasteiger partial charge is 0.444 e. The summed E-state index contributed by atoms with van der Waals surface area (Å²) in [5, 5.41) is 2.99. The number of amides is 1. The van der Waals surface area contributed by atoms with Crippen molar-refractivity contribution >= 4 is 24.0 Å². The van der Waals surface area contributed by atoms with Crippen LogP contribution in [0.15, 0.2) is 41.3 Å². The molecule has 0 bridgehead atoms. The molecule has 0 aliphatic heterocycles. The molecule has 0 radical (unpaired) electrons. The van der Waals surface area contributed by atoms with E-state index in [-0.39, 0.29) is 24.2 Å². The first kappa shape index (κ1) is 16.5. The first-order valence-corrected chi connectivity index (χ1v) is 7.28. The van der Waals surface area contributed by atoms with Crippen molar-refractivity contribution in [2.24, 2.45) is 17.6 Å². The molecule has 118 valence electrons. The van der Waals surface area contributed by atoms with Gasteiger partial charge in [-0.25, -0.2) is 4.98 Å². The van der Waals surface area contributed by atoms with E-state index in [9.17, 15) is 4.79 Å². The molecule has 3 rings (SSSR count). The van der Waals surface area contributed by atoms with Gasteiger partial charge in [0.05, 0.1) is 6.20 Å². The van der Waals surface area contributed by atoms with E-state index in [4.69, 9.17) is 10.2 Å². The summed E-state index contributed by atoms with van der Waals surface area (Å²) in [6.45, 7) is 0.580. The Bertz CT molecular complexity index is 616. The summed E-state index contributed by atoms with van der Waals surface area (Å²) in [7, 11) is 0. The summed E-state index contributed by atoms with van der Waals surface area (Å²) in [6, 6.07) is 7.59. The predicted octanol–water partition coefficient (Wildman–Crippen LogP) is 3.08. The number of carbonyl (C=O) groups is 1. The summed E-state index contributed by atoms with van der Waals surface area (Å²) < 4.78 is 5.27. The van der Waals surface area contributed by atoms with Crippen molar-refractivity contribution in [3.05, 3.63) is 36.9 Å². The summed E-state index contributed by atoms with van der Waals surface area (Å²) in [5.41, 5.74) is 7.41. The molecule has 1 aromatic heterocycles. The van der Waals surface area contributed by atoms with E-state index < -0.39 is 0 Å². The Balaban J connectivity index is 0.00000176. The quantitative estimate of drug-likeness (QED) is 0.906. The lowest BCUT2D eigenvalue weighted by Gasteiger charge is -2.17. The highest BCUT2D eigenvalue weighted by Gasteiger charge is 2.31. The van der Waals surface area contributed by atoms with Gasteiger partial charge in [0.25, 0.3) is 0 Å². The van der Waals surface area contributed by atoms with Crippen LogP contribution in [-0.4, -0.2) is 17.4 Å². The number of aromatic nitrogens is 1.